The number of carbonyl (C=O) groups excluding carboxylic acids is 1. The molecule has 1 atom stereocenters. The second-order valence-corrected chi connectivity index (χ2v) is 9.41. The molecule has 0 saturated heterocycles. The lowest BCUT2D eigenvalue weighted by Crippen LogP contribution is -2.46. The van der Waals surface area contributed by atoms with Crippen LogP contribution in [0.2, 0.25) is 5.02 Å². The number of aliphatic carboxylic acids is 1. The van der Waals surface area contributed by atoms with Gasteiger partial charge in [-0.2, -0.15) is 0 Å². The highest BCUT2D eigenvalue weighted by Gasteiger charge is 2.32. The molecule has 1 fully saturated rings. The number of rotatable bonds is 8. The van der Waals surface area contributed by atoms with Gasteiger partial charge in [0.2, 0.25) is 0 Å². The van der Waals surface area contributed by atoms with Crippen molar-refractivity contribution in [2.24, 2.45) is 5.92 Å². The van der Waals surface area contributed by atoms with Gasteiger partial charge >= 0.3 is 12.3 Å². The SMILES string of the molecule is O=C(N[C@H](C(=O)O)C1CCCCC1)c1ccc2ccc(Cl)cc2c1OCc1ccc(OC(F)(F)F)cc1. The van der Waals surface area contributed by atoms with Crippen LogP contribution in [0, 0.1) is 5.92 Å². The van der Waals surface area contributed by atoms with E-state index in [2.05, 4.69) is 10.1 Å². The van der Waals surface area contributed by atoms with Crippen LogP contribution in [-0.4, -0.2) is 29.4 Å². The molecule has 3 aromatic carbocycles. The maximum atomic E-state index is 13.3. The zero-order valence-electron chi connectivity index (χ0n) is 19.7. The molecular weight excluding hydrogens is 511 g/mol. The van der Waals surface area contributed by atoms with E-state index in [4.69, 9.17) is 16.3 Å². The molecule has 4 rings (SSSR count). The van der Waals surface area contributed by atoms with Crippen LogP contribution in [0.15, 0.2) is 54.6 Å². The second-order valence-electron chi connectivity index (χ2n) is 8.98. The van der Waals surface area contributed by atoms with Gasteiger partial charge in [-0.15, -0.1) is 13.2 Å². The predicted octanol–water partition coefficient (Wildman–Crippen LogP) is 6.73. The fourth-order valence-electron chi connectivity index (χ4n) is 4.61. The zero-order chi connectivity index (χ0) is 26.6. The minimum Gasteiger partial charge on any atom is -0.487 e. The first kappa shape index (κ1) is 26.6. The normalized spacial score (nSPS) is 15.2. The van der Waals surface area contributed by atoms with E-state index >= 15 is 0 Å². The van der Waals surface area contributed by atoms with Gasteiger partial charge in [0.05, 0.1) is 5.56 Å². The number of fused-ring (bicyclic) bond motifs is 1. The van der Waals surface area contributed by atoms with E-state index < -0.39 is 24.3 Å². The second kappa shape index (κ2) is 11.3. The Labute approximate surface area is 216 Å². The van der Waals surface area contributed by atoms with Gasteiger partial charge in [0.15, 0.2) is 0 Å². The zero-order valence-corrected chi connectivity index (χ0v) is 20.4. The van der Waals surface area contributed by atoms with E-state index in [1.807, 2.05) is 0 Å². The Morgan fingerprint density at radius 3 is 2.35 bits per heavy atom. The largest absolute Gasteiger partial charge is 0.573 e. The third-order valence-electron chi connectivity index (χ3n) is 6.39. The smallest absolute Gasteiger partial charge is 0.487 e. The Balaban J connectivity index is 1.60. The Morgan fingerprint density at radius 2 is 1.70 bits per heavy atom. The van der Waals surface area contributed by atoms with Crippen LogP contribution in [-0.2, 0) is 11.4 Å². The number of hydrogen-bond donors (Lipinski definition) is 2. The number of ether oxygens (including phenoxy) is 2. The lowest BCUT2D eigenvalue weighted by atomic mass is 9.83. The Kier molecular flexibility index (Phi) is 8.12. The molecule has 3 aromatic rings. The van der Waals surface area contributed by atoms with Crippen molar-refractivity contribution in [2.75, 3.05) is 0 Å². The average molecular weight is 536 g/mol. The minimum absolute atomic E-state index is 0.0663. The molecule has 0 aliphatic heterocycles. The third-order valence-corrected chi connectivity index (χ3v) is 6.63. The molecule has 37 heavy (non-hydrogen) atoms. The number of amides is 1. The summed E-state index contributed by atoms with van der Waals surface area (Å²) in [5.41, 5.74) is 0.666. The van der Waals surface area contributed by atoms with E-state index in [-0.39, 0.29) is 29.6 Å². The van der Waals surface area contributed by atoms with Crippen molar-refractivity contribution in [3.8, 4) is 11.5 Å². The first-order chi connectivity index (χ1) is 17.6. The van der Waals surface area contributed by atoms with Crippen LogP contribution in [0.4, 0.5) is 13.2 Å². The van der Waals surface area contributed by atoms with Crippen molar-refractivity contribution in [1.29, 1.82) is 0 Å². The predicted molar refractivity (Wildman–Crippen MR) is 132 cm³/mol. The maximum Gasteiger partial charge on any atom is 0.573 e. The van der Waals surface area contributed by atoms with E-state index in [9.17, 15) is 27.9 Å². The van der Waals surface area contributed by atoms with Gasteiger partial charge in [0.1, 0.15) is 24.1 Å². The van der Waals surface area contributed by atoms with Crippen molar-refractivity contribution in [3.63, 3.8) is 0 Å². The highest BCUT2D eigenvalue weighted by Crippen LogP contribution is 2.34. The molecule has 2 N–H and O–H groups in total. The number of benzene rings is 3. The minimum atomic E-state index is -4.80. The molecule has 0 bridgehead atoms. The van der Waals surface area contributed by atoms with Crippen molar-refractivity contribution < 1.29 is 37.3 Å². The van der Waals surface area contributed by atoms with Crippen LogP contribution in [0.25, 0.3) is 10.8 Å². The van der Waals surface area contributed by atoms with Crippen molar-refractivity contribution in [3.05, 3.63) is 70.7 Å². The molecule has 0 aromatic heterocycles. The lowest BCUT2D eigenvalue weighted by molar-refractivity contribution is -0.274. The summed E-state index contributed by atoms with van der Waals surface area (Å²) in [5.74, 6) is -2.01. The third kappa shape index (κ3) is 6.85. The highest BCUT2D eigenvalue weighted by atomic mass is 35.5. The van der Waals surface area contributed by atoms with Gasteiger partial charge in [-0.05, 0) is 60.0 Å². The first-order valence-corrected chi connectivity index (χ1v) is 12.2. The van der Waals surface area contributed by atoms with E-state index in [1.165, 1.54) is 24.3 Å². The molecule has 0 unspecified atom stereocenters. The Morgan fingerprint density at radius 1 is 1.03 bits per heavy atom. The number of carboxylic acids is 1. The summed E-state index contributed by atoms with van der Waals surface area (Å²) < 4.78 is 47.2. The number of halogens is 4. The standard InChI is InChI=1S/C27H25ClF3NO5/c28-19-10-8-17-9-13-21(25(33)32-23(26(34)35)18-4-2-1-3-5-18)24(22(17)14-19)36-15-16-6-11-20(12-7-16)37-27(29,30)31/h6-14,18,23H,1-5,15H2,(H,32,33)(H,34,35)/t23-/m0/s1. The molecule has 1 saturated carbocycles. The van der Waals surface area contributed by atoms with Gasteiger partial charge in [-0.3, -0.25) is 4.79 Å². The van der Waals surface area contributed by atoms with Gasteiger partial charge in [0, 0.05) is 10.4 Å². The van der Waals surface area contributed by atoms with Gasteiger partial charge < -0.3 is 19.9 Å². The molecule has 196 valence electrons. The summed E-state index contributed by atoms with van der Waals surface area (Å²) in [5, 5.41) is 14.2. The average Bonchev–Trinajstić information content (AvgIpc) is 2.86. The number of carbonyl (C=O) groups is 2. The molecule has 0 radical (unpaired) electrons. The molecule has 1 amide bonds. The monoisotopic (exact) mass is 535 g/mol. The summed E-state index contributed by atoms with van der Waals surface area (Å²) in [7, 11) is 0. The fraction of sp³-hybridized carbons (Fsp3) is 0.333. The van der Waals surface area contributed by atoms with Crippen LogP contribution in [0.1, 0.15) is 48.0 Å². The highest BCUT2D eigenvalue weighted by molar-refractivity contribution is 6.31. The van der Waals surface area contributed by atoms with E-state index in [0.29, 0.717) is 16.0 Å². The Hall–Kier alpha value is -3.46. The molecule has 10 heteroatoms. The van der Waals surface area contributed by atoms with E-state index in [1.54, 1.807) is 30.3 Å². The molecule has 0 spiro atoms. The molecular formula is C27H25ClF3NO5. The van der Waals surface area contributed by atoms with Crippen molar-refractivity contribution in [1.82, 2.24) is 5.32 Å². The van der Waals surface area contributed by atoms with Crippen LogP contribution < -0.4 is 14.8 Å². The summed E-state index contributed by atoms with van der Waals surface area (Å²) in [6.45, 7) is -0.0663. The van der Waals surface area contributed by atoms with E-state index in [0.717, 1.165) is 37.5 Å². The van der Waals surface area contributed by atoms with Gasteiger partial charge in [-0.25, -0.2) is 4.79 Å². The van der Waals surface area contributed by atoms with Crippen LogP contribution in [0.3, 0.4) is 0 Å². The van der Waals surface area contributed by atoms with Crippen molar-refractivity contribution >= 4 is 34.2 Å². The van der Waals surface area contributed by atoms with Gasteiger partial charge in [-0.1, -0.05) is 55.1 Å². The quantitative estimate of drug-likeness (QED) is 0.334. The topological polar surface area (TPSA) is 84.9 Å². The number of alkyl halides is 3. The summed E-state index contributed by atoms with van der Waals surface area (Å²) >= 11 is 6.20. The summed E-state index contributed by atoms with van der Waals surface area (Å²) in [6, 6.07) is 12.5. The summed E-state index contributed by atoms with van der Waals surface area (Å²) in [6.07, 6.45) is -0.471. The number of nitrogens with one attached hydrogen (secondary N) is 1. The number of carboxylic acid groups (broad SMARTS) is 1. The Bertz CT molecular complexity index is 1270. The summed E-state index contributed by atoms with van der Waals surface area (Å²) in [4.78, 5) is 25.3. The van der Waals surface area contributed by atoms with Crippen LogP contribution >= 0.6 is 11.6 Å². The fourth-order valence-corrected chi connectivity index (χ4v) is 4.78. The molecule has 1 aliphatic rings. The molecule has 0 heterocycles. The lowest BCUT2D eigenvalue weighted by Gasteiger charge is -2.28. The molecule has 6 nitrogen and oxygen atoms in total. The first-order valence-electron chi connectivity index (χ1n) is 11.8. The van der Waals surface area contributed by atoms with Gasteiger partial charge in [0.25, 0.3) is 5.91 Å². The molecule has 1 aliphatic carbocycles. The maximum absolute atomic E-state index is 13.3. The van der Waals surface area contributed by atoms with Crippen LogP contribution in [0.5, 0.6) is 11.5 Å². The van der Waals surface area contributed by atoms with Crippen molar-refractivity contribution in [2.45, 2.75) is 51.1 Å². The number of hydrogen-bond acceptors (Lipinski definition) is 4.